The highest BCUT2D eigenvalue weighted by molar-refractivity contribution is 9.10. The van der Waals surface area contributed by atoms with Gasteiger partial charge in [-0.3, -0.25) is 10.1 Å². The van der Waals surface area contributed by atoms with E-state index in [4.69, 9.17) is 17.0 Å². The lowest BCUT2D eigenvalue weighted by atomic mass is 10.2. The lowest BCUT2D eigenvalue weighted by molar-refractivity contribution is 0.0977. The molecule has 0 fully saturated rings. The third-order valence-electron chi connectivity index (χ3n) is 4.85. The number of carbonyl (C=O) groups excluding carboxylic acids is 1. The van der Waals surface area contributed by atoms with Gasteiger partial charge in [0.2, 0.25) is 10.0 Å². The number of rotatable bonds is 8. The molecule has 0 spiro atoms. The predicted octanol–water partition coefficient (Wildman–Crippen LogP) is 5.18. The molecule has 0 aliphatic heterocycles. The largest absolute Gasteiger partial charge is 0.490 e. The Morgan fingerprint density at radius 3 is 2.31 bits per heavy atom. The smallest absolute Gasteiger partial charge is 0.257 e. The second-order valence-corrected chi connectivity index (χ2v) is 11.3. The molecule has 1 amide bonds. The van der Waals surface area contributed by atoms with Gasteiger partial charge in [-0.1, -0.05) is 30.3 Å². The maximum Gasteiger partial charge on any atom is 0.257 e. The van der Waals surface area contributed by atoms with Crippen LogP contribution >= 0.6 is 28.1 Å². The van der Waals surface area contributed by atoms with Gasteiger partial charge in [0, 0.05) is 24.8 Å². The molecule has 3 rings (SSSR count). The minimum Gasteiger partial charge on any atom is -0.490 e. The van der Waals surface area contributed by atoms with Crippen LogP contribution in [0.25, 0.3) is 0 Å². The molecule has 0 unspecified atom stereocenters. The summed E-state index contributed by atoms with van der Waals surface area (Å²) in [6, 6.07) is 20.6. The molecule has 184 valence electrons. The average molecular weight is 577 g/mol. The fraction of sp³-hybridized carbons (Fsp3) is 0.200. The monoisotopic (exact) mass is 575 g/mol. The van der Waals surface area contributed by atoms with Crippen molar-refractivity contribution >= 4 is 54.9 Å². The van der Waals surface area contributed by atoms with Crippen LogP contribution in [0.4, 0.5) is 5.69 Å². The first-order valence-electron chi connectivity index (χ1n) is 10.7. The van der Waals surface area contributed by atoms with E-state index in [0.29, 0.717) is 21.5 Å². The van der Waals surface area contributed by atoms with Crippen LogP contribution in [0.3, 0.4) is 0 Å². The molecule has 35 heavy (non-hydrogen) atoms. The van der Waals surface area contributed by atoms with Crippen molar-refractivity contribution in [3.8, 4) is 5.75 Å². The maximum atomic E-state index is 12.9. The molecular formula is C25H26BrN3O4S2. The summed E-state index contributed by atoms with van der Waals surface area (Å²) in [4.78, 5) is 12.7. The zero-order valence-electron chi connectivity index (χ0n) is 19.5. The Kier molecular flexibility index (Phi) is 9.01. The molecule has 10 heteroatoms. The molecule has 0 radical (unpaired) electrons. The summed E-state index contributed by atoms with van der Waals surface area (Å²) >= 11 is 8.65. The Morgan fingerprint density at radius 2 is 1.71 bits per heavy atom. The second-order valence-electron chi connectivity index (χ2n) is 7.99. The van der Waals surface area contributed by atoms with Crippen molar-refractivity contribution in [3.63, 3.8) is 0 Å². The van der Waals surface area contributed by atoms with Crippen LogP contribution in [0.15, 0.2) is 82.2 Å². The number of benzene rings is 3. The van der Waals surface area contributed by atoms with Gasteiger partial charge >= 0.3 is 0 Å². The molecular weight excluding hydrogens is 550 g/mol. The van der Waals surface area contributed by atoms with E-state index >= 15 is 0 Å². The van der Waals surface area contributed by atoms with Crippen LogP contribution in [0.2, 0.25) is 0 Å². The Morgan fingerprint density at radius 1 is 1.06 bits per heavy atom. The zero-order chi connectivity index (χ0) is 25.6. The van der Waals surface area contributed by atoms with Crippen molar-refractivity contribution in [2.24, 2.45) is 0 Å². The molecule has 0 bridgehead atoms. The highest BCUT2D eigenvalue weighted by Gasteiger charge is 2.21. The number of hydrogen-bond donors (Lipinski definition) is 2. The van der Waals surface area contributed by atoms with E-state index in [1.165, 1.54) is 16.4 Å². The van der Waals surface area contributed by atoms with Gasteiger partial charge < -0.3 is 10.1 Å². The highest BCUT2D eigenvalue weighted by Crippen LogP contribution is 2.27. The lowest BCUT2D eigenvalue weighted by Crippen LogP contribution is -2.34. The molecule has 0 aliphatic rings. The van der Waals surface area contributed by atoms with Gasteiger partial charge in [0.15, 0.2) is 5.11 Å². The lowest BCUT2D eigenvalue weighted by Gasteiger charge is -2.18. The van der Waals surface area contributed by atoms with Gasteiger partial charge in [-0.25, -0.2) is 8.42 Å². The summed E-state index contributed by atoms with van der Waals surface area (Å²) < 4.78 is 33.4. The summed E-state index contributed by atoms with van der Waals surface area (Å²) in [6.45, 7) is 4.10. The number of carbonyl (C=O) groups is 1. The van der Waals surface area contributed by atoms with Crippen LogP contribution in [-0.4, -0.2) is 36.9 Å². The quantitative estimate of drug-likeness (QED) is 0.360. The summed E-state index contributed by atoms with van der Waals surface area (Å²) in [6.07, 6.45) is 0.00777. The Labute approximate surface area is 219 Å². The fourth-order valence-corrected chi connectivity index (χ4v) is 4.99. The number of thiocarbonyl (C=S) groups is 1. The van der Waals surface area contributed by atoms with Crippen molar-refractivity contribution in [3.05, 3.63) is 88.4 Å². The van der Waals surface area contributed by atoms with Gasteiger partial charge in [-0.2, -0.15) is 4.31 Å². The summed E-state index contributed by atoms with van der Waals surface area (Å²) in [5.74, 6) is 0.253. The molecule has 0 saturated heterocycles. The first kappa shape index (κ1) is 26.8. The van der Waals surface area contributed by atoms with Crippen molar-refractivity contribution in [2.75, 3.05) is 12.4 Å². The zero-order valence-corrected chi connectivity index (χ0v) is 22.7. The first-order valence-corrected chi connectivity index (χ1v) is 13.4. The van der Waals surface area contributed by atoms with Crippen molar-refractivity contribution < 1.29 is 17.9 Å². The number of sulfonamides is 1. The van der Waals surface area contributed by atoms with Crippen LogP contribution in [0.1, 0.15) is 29.8 Å². The minimum absolute atomic E-state index is 0.00777. The van der Waals surface area contributed by atoms with E-state index in [1.54, 1.807) is 37.4 Å². The normalized spacial score (nSPS) is 11.4. The maximum absolute atomic E-state index is 12.9. The third-order valence-corrected chi connectivity index (χ3v) is 7.49. The SMILES string of the molecule is CC(C)Oc1ccc(C(=O)NC(=S)Nc2ccc(S(=O)(=O)N(C)Cc3ccccc3)cc2)cc1Br. The van der Waals surface area contributed by atoms with E-state index in [0.717, 1.165) is 5.56 Å². The summed E-state index contributed by atoms with van der Waals surface area (Å²) in [5.41, 5.74) is 1.84. The molecule has 2 N–H and O–H groups in total. The Hall–Kier alpha value is -2.79. The number of halogens is 1. The number of hydrogen-bond acceptors (Lipinski definition) is 5. The average Bonchev–Trinajstić information content (AvgIpc) is 2.81. The number of nitrogens with one attached hydrogen (secondary N) is 2. The van der Waals surface area contributed by atoms with Crippen molar-refractivity contribution in [2.45, 2.75) is 31.4 Å². The highest BCUT2D eigenvalue weighted by atomic mass is 79.9. The molecule has 0 atom stereocenters. The third kappa shape index (κ3) is 7.35. The Balaban J connectivity index is 1.60. The topological polar surface area (TPSA) is 87.7 Å². The van der Waals surface area contributed by atoms with Crippen LogP contribution in [0.5, 0.6) is 5.75 Å². The number of amides is 1. The van der Waals surface area contributed by atoms with Gasteiger partial charge in [-0.15, -0.1) is 0 Å². The van der Waals surface area contributed by atoms with E-state index < -0.39 is 10.0 Å². The molecule has 3 aromatic rings. The Bertz CT molecular complexity index is 1300. The van der Waals surface area contributed by atoms with Crippen LogP contribution in [0, 0.1) is 0 Å². The van der Waals surface area contributed by atoms with Crippen LogP contribution in [-0.2, 0) is 16.6 Å². The number of nitrogens with zero attached hydrogens (tertiary/aromatic N) is 1. The van der Waals surface area contributed by atoms with Gasteiger partial charge in [0.25, 0.3) is 5.91 Å². The summed E-state index contributed by atoms with van der Waals surface area (Å²) in [5, 5.41) is 5.60. The fourth-order valence-electron chi connectivity index (χ4n) is 3.14. The van der Waals surface area contributed by atoms with Gasteiger partial charge in [0.05, 0.1) is 15.5 Å². The van der Waals surface area contributed by atoms with Gasteiger partial charge in [-0.05, 0) is 90.0 Å². The van der Waals surface area contributed by atoms with E-state index in [2.05, 4.69) is 26.6 Å². The molecule has 3 aromatic carbocycles. The van der Waals surface area contributed by atoms with Crippen molar-refractivity contribution in [1.29, 1.82) is 0 Å². The molecule has 0 heterocycles. The molecule has 0 aliphatic carbocycles. The van der Waals surface area contributed by atoms with E-state index in [-0.39, 0.29) is 28.6 Å². The van der Waals surface area contributed by atoms with Gasteiger partial charge in [0.1, 0.15) is 5.75 Å². The predicted molar refractivity (Wildman–Crippen MR) is 145 cm³/mol. The standard InChI is InChI=1S/C25H26BrN3O4S2/c1-17(2)33-23-14-9-19(15-22(23)26)24(30)28-25(34)27-20-10-12-21(13-11-20)35(31,32)29(3)16-18-7-5-4-6-8-18/h4-15,17H,16H2,1-3H3,(H2,27,28,30,34). The van der Waals surface area contributed by atoms with E-state index in [9.17, 15) is 13.2 Å². The second kappa shape index (κ2) is 11.8. The summed E-state index contributed by atoms with van der Waals surface area (Å²) in [7, 11) is -2.12. The number of ether oxygens (including phenoxy) is 1. The molecule has 7 nitrogen and oxygen atoms in total. The van der Waals surface area contributed by atoms with Crippen molar-refractivity contribution in [1.82, 2.24) is 9.62 Å². The molecule has 0 aromatic heterocycles. The first-order chi connectivity index (χ1) is 16.6. The minimum atomic E-state index is -3.66. The van der Waals surface area contributed by atoms with Crippen LogP contribution < -0.4 is 15.4 Å². The number of anilines is 1. The molecule has 0 saturated carbocycles. The van der Waals surface area contributed by atoms with E-state index in [1.807, 2.05) is 44.2 Å².